The van der Waals surface area contributed by atoms with Crippen molar-refractivity contribution >= 4 is 10.0 Å². The van der Waals surface area contributed by atoms with Crippen LogP contribution < -0.4 is 4.72 Å². The Labute approximate surface area is 149 Å². The van der Waals surface area contributed by atoms with Gasteiger partial charge in [-0.1, -0.05) is 32.0 Å². The summed E-state index contributed by atoms with van der Waals surface area (Å²) in [5.41, 5.74) is 1.78. The lowest BCUT2D eigenvalue weighted by Gasteiger charge is -2.37. The van der Waals surface area contributed by atoms with Crippen LogP contribution in [0, 0.1) is 5.92 Å². The number of nitrogens with zero attached hydrogens (tertiary/aromatic N) is 1. The van der Waals surface area contributed by atoms with Crippen molar-refractivity contribution < 1.29 is 13.5 Å². The molecule has 6 heteroatoms. The van der Waals surface area contributed by atoms with Gasteiger partial charge in [0.25, 0.3) is 0 Å². The molecule has 1 heterocycles. The molecule has 1 aliphatic carbocycles. The average Bonchev–Trinajstić information content (AvgIpc) is 2.58. The van der Waals surface area contributed by atoms with Crippen molar-refractivity contribution in [1.29, 1.82) is 0 Å². The number of hydrogen-bond acceptors (Lipinski definition) is 4. The number of sulfonamides is 1. The maximum absolute atomic E-state index is 12.8. The lowest BCUT2D eigenvalue weighted by molar-refractivity contribution is 0.0273. The Morgan fingerprint density at radius 1 is 1.12 bits per heavy atom. The van der Waals surface area contributed by atoms with E-state index in [2.05, 4.69) is 23.6 Å². The highest BCUT2D eigenvalue weighted by atomic mass is 32.2. The fraction of sp³-hybridized carbons (Fsp3) is 0.421. The van der Waals surface area contributed by atoms with Crippen LogP contribution in [0.4, 0.5) is 0 Å². The van der Waals surface area contributed by atoms with Crippen LogP contribution in [0.1, 0.15) is 49.9 Å². The summed E-state index contributed by atoms with van der Waals surface area (Å²) in [6.45, 7) is 4.14. The van der Waals surface area contributed by atoms with Crippen molar-refractivity contribution in [2.75, 3.05) is 0 Å². The molecule has 1 saturated carbocycles. The molecule has 0 aliphatic heterocycles. The molecule has 0 unspecified atom stereocenters. The largest absolute Gasteiger partial charge is 0.393 e. The van der Waals surface area contributed by atoms with Crippen molar-refractivity contribution in [1.82, 2.24) is 9.71 Å². The van der Waals surface area contributed by atoms with Crippen LogP contribution in [0.2, 0.25) is 0 Å². The molecule has 0 saturated heterocycles. The molecule has 2 aromatic rings. The van der Waals surface area contributed by atoms with Crippen molar-refractivity contribution in [2.24, 2.45) is 5.92 Å². The summed E-state index contributed by atoms with van der Waals surface area (Å²) < 4.78 is 28.4. The maximum Gasteiger partial charge on any atom is 0.241 e. The normalized spacial score (nSPS) is 21.8. The van der Waals surface area contributed by atoms with Gasteiger partial charge in [-0.15, -0.1) is 0 Å². The Kier molecular flexibility index (Phi) is 5.22. The molecule has 0 spiro atoms. The van der Waals surface area contributed by atoms with Gasteiger partial charge >= 0.3 is 0 Å². The second kappa shape index (κ2) is 7.23. The van der Waals surface area contributed by atoms with E-state index in [0.717, 1.165) is 5.56 Å². The number of aliphatic hydroxyl groups excluding tert-OH is 1. The van der Waals surface area contributed by atoms with Gasteiger partial charge in [0, 0.05) is 6.20 Å². The molecule has 1 aliphatic rings. The summed E-state index contributed by atoms with van der Waals surface area (Å²) in [6, 6.07) is 12.0. The van der Waals surface area contributed by atoms with E-state index in [0.29, 0.717) is 24.5 Å². The topological polar surface area (TPSA) is 79.3 Å². The number of rotatable bonds is 6. The lowest BCUT2D eigenvalue weighted by Crippen LogP contribution is -2.41. The summed E-state index contributed by atoms with van der Waals surface area (Å²) >= 11 is 0. The summed E-state index contributed by atoms with van der Waals surface area (Å²) in [5, 5.41) is 9.61. The number of aliphatic hydroxyl groups is 1. The molecular weight excluding hydrogens is 336 g/mol. The number of benzene rings is 1. The Morgan fingerprint density at radius 2 is 1.80 bits per heavy atom. The third-order valence-corrected chi connectivity index (χ3v) is 6.22. The average molecular weight is 360 g/mol. The molecule has 1 fully saturated rings. The van der Waals surface area contributed by atoms with E-state index in [1.807, 2.05) is 24.3 Å². The predicted molar refractivity (Wildman–Crippen MR) is 96.6 cm³/mol. The molecule has 1 atom stereocenters. The standard InChI is InChI=1S/C19H24N2O3S/c1-13(2)14-6-8-17(9-7-14)25(23,24)21-19(15-11-16(22)12-15)18-5-3-4-10-20-18/h3-10,13,15-16,19,21-22H,11-12H2,1-2H3/t15?,16?,19-/m1/s1. The van der Waals surface area contributed by atoms with E-state index >= 15 is 0 Å². The second-order valence-corrected chi connectivity index (χ2v) is 8.68. The van der Waals surface area contributed by atoms with Crippen LogP contribution in [-0.2, 0) is 10.0 Å². The molecule has 2 N–H and O–H groups in total. The van der Waals surface area contributed by atoms with Gasteiger partial charge in [0.15, 0.2) is 0 Å². The number of nitrogens with one attached hydrogen (secondary N) is 1. The monoisotopic (exact) mass is 360 g/mol. The Bertz CT molecular complexity index is 798. The zero-order valence-corrected chi connectivity index (χ0v) is 15.3. The van der Waals surface area contributed by atoms with Gasteiger partial charge in [-0.3, -0.25) is 4.98 Å². The molecule has 0 bridgehead atoms. The third-order valence-electron chi connectivity index (χ3n) is 4.77. The molecule has 1 aromatic heterocycles. The van der Waals surface area contributed by atoms with Gasteiger partial charge in [0.05, 0.1) is 22.7 Å². The Balaban J connectivity index is 1.85. The van der Waals surface area contributed by atoms with Crippen LogP contribution in [0.15, 0.2) is 53.6 Å². The first kappa shape index (κ1) is 18.0. The third kappa shape index (κ3) is 4.08. The van der Waals surface area contributed by atoms with Gasteiger partial charge in [-0.2, -0.15) is 0 Å². The highest BCUT2D eigenvalue weighted by molar-refractivity contribution is 7.89. The molecule has 0 amide bonds. The number of aromatic nitrogens is 1. The first-order valence-corrected chi connectivity index (χ1v) is 10.1. The summed E-state index contributed by atoms with van der Waals surface area (Å²) in [4.78, 5) is 4.56. The smallest absolute Gasteiger partial charge is 0.241 e. The second-order valence-electron chi connectivity index (χ2n) is 6.96. The van der Waals surface area contributed by atoms with E-state index in [1.165, 1.54) is 0 Å². The van der Waals surface area contributed by atoms with Crippen LogP contribution >= 0.6 is 0 Å². The van der Waals surface area contributed by atoms with Crippen molar-refractivity contribution in [3.63, 3.8) is 0 Å². The van der Waals surface area contributed by atoms with Gasteiger partial charge in [-0.05, 0) is 54.5 Å². The summed E-state index contributed by atoms with van der Waals surface area (Å²) in [7, 11) is -3.66. The number of hydrogen-bond donors (Lipinski definition) is 2. The first-order chi connectivity index (χ1) is 11.9. The van der Waals surface area contributed by atoms with Gasteiger partial charge < -0.3 is 5.11 Å². The van der Waals surface area contributed by atoms with E-state index < -0.39 is 16.1 Å². The maximum atomic E-state index is 12.8. The van der Waals surface area contributed by atoms with Gasteiger partial charge in [-0.25, -0.2) is 13.1 Å². The molecule has 25 heavy (non-hydrogen) atoms. The molecule has 5 nitrogen and oxygen atoms in total. The molecular formula is C19H24N2O3S. The lowest BCUT2D eigenvalue weighted by atomic mass is 9.76. The number of pyridine rings is 1. The predicted octanol–water partition coefficient (Wildman–Crippen LogP) is 3.00. The minimum atomic E-state index is -3.66. The van der Waals surface area contributed by atoms with Gasteiger partial charge in [0.2, 0.25) is 10.0 Å². The summed E-state index contributed by atoms with van der Waals surface area (Å²) in [6.07, 6.45) is 2.46. The summed E-state index contributed by atoms with van der Waals surface area (Å²) in [5.74, 6) is 0.400. The van der Waals surface area contributed by atoms with Crippen molar-refractivity contribution in [3.8, 4) is 0 Å². The first-order valence-electron chi connectivity index (χ1n) is 8.58. The highest BCUT2D eigenvalue weighted by Gasteiger charge is 2.37. The van der Waals surface area contributed by atoms with Crippen LogP contribution in [0.5, 0.6) is 0 Å². The van der Waals surface area contributed by atoms with Crippen LogP contribution in [0.3, 0.4) is 0 Å². The van der Waals surface area contributed by atoms with E-state index in [1.54, 1.807) is 24.4 Å². The van der Waals surface area contributed by atoms with Crippen molar-refractivity contribution in [3.05, 3.63) is 59.9 Å². The zero-order valence-electron chi connectivity index (χ0n) is 14.5. The molecule has 3 rings (SSSR count). The van der Waals surface area contributed by atoms with Gasteiger partial charge in [0.1, 0.15) is 0 Å². The fourth-order valence-corrected chi connectivity index (χ4v) is 4.41. The Hall–Kier alpha value is -1.76. The van der Waals surface area contributed by atoms with E-state index in [9.17, 15) is 13.5 Å². The molecule has 134 valence electrons. The highest BCUT2D eigenvalue weighted by Crippen LogP contribution is 2.38. The Morgan fingerprint density at radius 3 is 2.32 bits per heavy atom. The zero-order chi connectivity index (χ0) is 18.0. The minimum absolute atomic E-state index is 0.0506. The fourth-order valence-electron chi connectivity index (χ4n) is 3.13. The van der Waals surface area contributed by atoms with Crippen molar-refractivity contribution in [2.45, 2.75) is 49.6 Å². The SMILES string of the molecule is CC(C)c1ccc(S(=O)(=O)N[C@@H](c2ccccn2)C2CC(O)C2)cc1. The molecule has 0 radical (unpaired) electrons. The molecule has 1 aromatic carbocycles. The quantitative estimate of drug-likeness (QED) is 0.830. The van der Waals surface area contributed by atoms with E-state index in [4.69, 9.17) is 0 Å². The van der Waals surface area contributed by atoms with E-state index in [-0.39, 0.29) is 16.9 Å². The van der Waals surface area contributed by atoms with Crippen LogP contribution in [-0.4, -0.2) is 24.6 Å². The van der Waals surface area contributed by atoms with Crippen LogP contribution in [0.25, 0.3) is 0 Å². The minimum Gasteiger partial charge on any atom is -0.393 e.